The minimum absolute atomic E-state index is 0.146. The van der Waals surface area contributed by atoms with Gasteiger partial charge in [0.1, 0.15) is 18.5 Å². The third kappa shape index (κ3) is 3.46. The number of hydrogen-bond acceptors (Lipinski definition) is 3. The van der Waals surface area contributed by atoms with Crippen molar-refractivity contribution in [2.45, 2.75) is 6.10 Å². The van der Waals surface area contributed by atoms with E-state index in [1.165, 1.54) is 0 Å². The van der Waals surface area contributed by atoms with Gasteiger partial charge in [-0.15, -0.1) is 0 Å². The van der Waals surface area contributed by atoms with Gasteiger partial charge >= 0.3 is 0 Å². The zero-order chi connectivity index (χ0) is 10.6. The predicted molar refractivity (Wildman–Crippen MR) is 59.7 cm³/mol. The number of nitrogens with two attached hydrogens (primary N) is 1. The topological polar surface area (TPSA) is 55.5 Å². The fourth-order valence-corrected chi connectivity index (χ4v) is 1.35. The van der Waals surface area contributed by atoms with Gasteiger partial charge in [0.05, 0.1) is 5.02 Å². The fraction of sp³-hybridized carbons (Fsp3) is 0.333. The Labute approximate surface area is 95.9 Å². The van der Waals surface area contributed by atoms with Crippen LogP contribution in [0.2, 0.25) is 5.02 Å². The molecule has 5 heteroatoms. The second-order valence-corrected chi connectivity index (χ2v) is 4.10. The van der Waals surface area contributed by atoms with Gasteiger partial charge in [-0.2, -0.15) is 0 Å². The maximum absolute atomic E-state index is 9.17. The first kappa shape index (κ1) is 11.8. The molecule has 3 nitrogen and oxygen atoms in total. The Morgan fingerprint density at radius 3 is 2.93 bits per heavy atom. The van der Waals surface area contributed by atoms with E-state index in [-0.39, 0.29) is 13.2 Å². The fourth-order valence-electron chi connectivity index (χ4n) is 0.842. The molecule has 78 valence electrons. The largest absolute Gasteiger partial charge is 0.489 e. The molecule has 0 amide bonds. The number of benzene rings is 1. The third-order valence-corrected chi connectivity index (χ3v) is 2.40. The van der Waals surface area contributed by atoms with Crippen molar-refractivity contribution < 1.29 is 9.84 Å². The second-order valence-electron chi connectivity index (χ2n) is 2.78. The van der Waals surface area contributed by atoms with Crippen LogP contribution in [0, 0.1) is 0 Å². The summed E-state index contributed by atoms with van der Waals surface area (Å²) in [5.74, 6) is 0.536. The Kier molecular flexibility index (Phi) is 4.68. The molecule has 3 N–H and O–H groups in total. The van der Waals surface area contributed by atoms with Gasteiger partial charge < -0.3 is 15.6 Å². The summed E-state index contributed by atoms with van der Waals surface area (Å²) >= 11 is 9.16. The van der Waals surface area contributed by atoms with Crippen LogP contribution in [-0.2, 0) is 0 Å². The number of ether oxygens (including phenoxy) is 1. The van der Waals surface area contributed by atoms with E-state index in [1.54, 1.807) is 12.1 Å². The van der Waals surface area contributed by atoms with E-state index < -0.39 is 6.10 Å². The standard InChI is InChI=1S/C9H11BrClNO2/c10-6-1-2-8(11)9(3-6)14-5-7(13)4-12/h1-3,7,13H,4-5,12H2. The van der Waals surface area contributed by atoms with Crippen molar-refractivity contribution in [1.29, 1.82) is 0 Å². The molecule has 0 heterocycles. The molecular formula is C9H11BrClNO2. The van der Waals surface area contributed by atoms with Crippen molar-refractivity contribution in [2.75, 3.05) is 13.2 Å². The van der Waals surface area contributed by atoms with Crippen molar-refractivity contribution in [3.8, 4) is 5.75 Å². The van der Waals surface area contributed by atoms with Crippen molar-refractivity contribution in [3.63, 3.8) is 0 Å². The lowest BCUT2D eigenvalue weighted by atomic mass is 10.3. The first-order valence-corrected chi connectivity index (χ1v) is 5.26. The Morgan fingerprint density at radius 2 is 2.29 bits per heavy atom. The van der Waals surface area contributed by atoms with Gasteiger partial charge in [0.25, 0.3) is 0 Å². The molecule has 0 radical (unpaired) electrons. The first-order valence-electron chi connectivity index (χ1n) is 4.09. The highest BCUT2D eigenvalue weighted by Gasteiger charge is 2.05. The molecular weight excluding hydrogens is 269 g/mol. The lowest BCUT2D eigenvalue weighted by Crippen LogP contribution is -2.26. The Balaban J connectivity index is 2.62. The predicted octanol–water partition coefficient (Wildman–Crippen LogP) is 1.80. The maximum atomic E-state index is 9.17. The van der Waals surface area contributed by atoms with Crippen LogP contribution in [0.3, 0.4) is 0 Å². The SMILES string of the molecule is NCC(O)COc1cc(Br)ccc1Cl. The molecule has 0 aromatic heterocycles. The normalized spacial score (nSPS) is 12.6. The van der Waals surface area contributed by atoms with E-state index in [0.717, 1.165) is 4.47 Å². The van der Waals surface area contributed by atoms with Crippen molar-refractivity contribution in [2.24, 2.45) is 5.73 Å². The zero-order valence-electron chi connectivity index (χ0n) is 7.41. The maximum Gasteiger partial charge on any atom is 0.139 e. The smallest absolute Gasteiger partial charge is 0.139 e. The highest BCUT2D eigenvalue weighted by Crippen LogP contribution is 2.27. The lowest BCUT2D eigenvalue weighted by molar-refractivity contribution is 0.114. The molecule has 0 saturated carbocycles. The molecule has 1 unspecified atom stereocenters. The lowest BCUT2D eigenvalue weighted by Gasteiger charge is -2.11. The van der Waals surface area contributed by atoms with Crippen LogP contribution < -0.4 is 10.5 Å². The van der Waals surface area contributed by atoms with Crippen LogP contribution in [-0.4, -0.2) is 24.4 Å². The molecule has 14 heavy (non-hydrogen) atoms. The van der Waals surface area contributed by atoms with E-state index in [1.807, 2.05) is 6.07 Å². The molecule has 0 aliphatic rings. The quantitative estimate of drug-likeness (QED) is 0.884. The van der Waals surface area contributed by atoms with Crippen LogP contribution in [0.1, 0.15) is 0 Å². The Morgan fingerprint density at radius 1 is 1.57 bits per heavy atom. The summed E-state index contributed by atoms with van der Waals surface area (Å²) in [6, 6.07) is 5.27. The van der Waals surface area contributed by atoms with Crippen molar-refractivity contribution in [1.82, 2.24) is 0 Å². The summed E-state index contributed by atoms with van der Waals surface area (Å²) in [6.07, 6.45) is -0.662. The van der Waals surface area contributed by atoms with Crippen molar-refractivity contribution in [3.05, 3.63) is 27.7 Å². The molecule has 0 spiro atoms. The first-order chi connectivity index (χ1) is 6.63. The van der Waals surface area contributed by atoms with Gasteiger partial charge in [0.15, 0.2) is 0 Å². The van der Waals surface area contributed by atoms with Gasteiger partial charge in [-0.05, 0) is 18.2 Å². The average Bonchev–Trinajstić information content (AvgIpc) is 2.19. The van der Waals surface area contributed by atoms with Gasteiger partial charge in [-0.25, -0.2) is 0 Å². The van der Waals surface area contributed by atoms with Gasteiger partial charge in [-0.1, -0.05) is 27.5 Å². The van der Waals surface area contributed by atoms with Gasteiger partial charge in [0, 0.05) is 11.0 Å². The molecule has 0 bridgehead atoms. The van der Waals surface area contributed by atoms with Crippen LogP contribution in [0.5, 0.6) is 5.75 Å². The third-order valence-electron chi connectivity index (χ3n) is 1.60. The van der Waals surface area contributed by atoms with Gasteiger partial charge in [-0.3, -0.25) is 0 Å². The van der Waals surface area contributed by atoms with E-state index >= 15 is 0 Å². The summed E-state index contributed by atoms with van der Waals surface area (Å²) in [4.78, 5) is 0. The van der Waals surface area contributed by atoms with Crippen LogP contribution >= 0.6 is 27.5 Å². The van der Waals surface area contributed by atoms with E-state index in [9.17, 15) is 5.11 Å². The van der Waals surface area contributed by atoms with Crippen LogP contribution in [0.15, 0.2) is 22.7 Å². The zero-order valence-corrected chi connectivity index (χ0v) is 9.75. The monoisotopic (exact) mass is 279 g/mol. The van der Waals surface area contributed by atoms with E-state index in [2.05, 4.69) is 15.9 Å². The summed E-state index contributed by atoms with van der Waals surface area (Å²) in [7, 11) is 0. The number of hydrogen-bond donors (Lipinski definition) is 2. The molecule has 0 aliphatic carbocycles. The summed E-state index contributed by atoms with van der Waals surface area (Å²) in [5, 5.41) is 9.69. The average molecular weight is 281 g/mol. The molecule has 1 aromatic carbocycles. The summed E-state index contributed by atoms with van der Waals surface area (Å²) in [5.41, 5.74) is 5.23. The summed E-state index contributed by atoms with van der Waals surface area (Å²) < 4.78 is 6.15. The van der Waals surface area contributed by atoms with Crippen LogP contribution in [0.25, 0.3) is 0 Å². The second kappa shape index (κ2) is 5.56. The van der Waals surface area contributed by atoms with Crippen LogP contribution in [0.4, 0.5) is 0 Å². The number of rotatable bonds is 4. The number of aliphatic hydroxyl groups is 1. The molecule has 0 aliphatic heterocycles. The molecule has 1 aromatic rings. The molecule has 0 fully saturated rings. The molecule has 1 rings (SSSR count). The Hall–Kier alpha value is -0.290. The highest BCUT2D eigenvalue weighted by atomic mass is 79.9. The van der Waals surface area contributed by atoms with Gasteiger partial charge in [0.2, 0.25) is 0 Å². The Bertz CT molecular complexity index is 309. The van der Waals surface area contributed by atoms with E-state index in [4.69, 9.17) is 22.1 Å². The summed E-state index contributed by atoms with van der Waals surface area (Å²) in [6.45, 7) is 0.318. The number of halogens is 2. The van der Waals surface area contributed by atoms with Crippen molar-refractivity contribution >= 4 is 27.5 Å². The molecule has 1 atom stereocenters. The minimum atomic E-state index is -0.662. The molecule has 0 saturated heterocycles. The van der Waals surface area contributed by atoms with E-state index in [0.29, 0.717) is 10.8 Å². The highest BCUT2D eigenvalue weighted by molar-refractivity contribution is 9.10. The number of aliphatic hydroxyl groups excluding tert-OH is 1. The minimum Gasteiger partial charge on any atom is -0.489 e.